The molecule has 0 spiro atoms. The molecule has 0 aliphatic heterocycles. The summed E-state index contributed by atoms with van der Waals surface area (Å²) in [4.78, 5) is 10.5. The number of carbonyl (C=O) groups is 1. The second-order valence-corrected chi connectivity index (χ2v) is 4.27. The van der Waals surface area contributed by atoms with Crippen molar-refractivity contribution in [1.82, 2.24) is 0 Å². The standard InChI is InChI=1S/C16H15FO2/c1-2-12-3-5-13(6-4-12)11-19-16-8-7-14(10-18)9-15(16)17/h3-10H,2,11H2,1H3. The van der Waals surface area contributed by atoms with Gasteiger partial charge in [0.1, 0.15) is 12.9 Å². The highest BCUT2D eigenvalue weighted by molar-refractivity contribution is 5.74. The number of aryl methyl sites for hydroxylation is 1. The van der Waals surface area contributed by atoms with Crippen molar-refractivity contribution >= 4 is 6.29 Å². The summed E-state index contributed by atoms with van der Waals surface area (Å²) in [5, 5.41) is 0. The number of hydrogen-bond acceptors (Lipinski definition) is 2. The number of rotatable bonds is 5. The lowest BCUT2D eigenvalue weighted by Gasteiger charge is -2.08. The fourth-order valence-corrected chi connectivity index (χ4v) is 1.74. The normalized spacial score (nSPS) is 10.2. The summed E-state index contributed by atoms with van der Waals surface area (Å²) in [7, 11) is 0. The van der Waals surface area contributed by atoms with Crippen LogP contribution in [0.25, 0.3) is 0 Å². The summed E-state index contributed by atoms with van der Waals surface area (Å²) in [5.41, 5.74) is 2.54. The minimum absolute atomic E-state index is 0.158. The van der Waals surface area contributed by atoms with Gasteiger partial charge in [0.05, 0.1) is 0 Å². The molecular formula is C16H15FO2. The van der Waals surface area contributed by atoms with E-state index < -0.39 is 5.82 Å². The van der Waals surface area contributed by atoms with Crippen molar-refractivity contribution in [3.63, 3.8) is 0 Å². The summed E-state index contributed by atoms with van der Waals surface area (Å²) in [5.74, 6) is -0.361. The third-order valence-corrected chi connectivity index (χ3v) is 2.92. The zero-order valence-corrected chi connectivity index (χ0v) is 10.7. The summed E-state index contributed by atoms with van der Waals surface area (Å²) in [6, 6.07) is 12.2. The van der Waals surface area contributed by atoms with E-state index in [1.165, 1.54) is 23.8 Å². The van der Waals surface area contributed by atoms with Crippen molar-refractivity contribution in [2.24, 2.45) is 0 Å². The van der Waals surface area contributed by atoms with Crippen LogP contribution >= 0.6 is 0 Å². The van der Waals surface area contributed by atoms with Crippen LogP contribution in [0, 0.1) is 5.82 Å². The Labute approximate surface area is 111 Å². The maximum absolute atomic E-state index is 13.6. The molecule has 0 saturated heterocycles. The molecule has 0 atom stereocenters. The first-order chi connectivity index (χ1) is 9.22. The van der Waals surface area contributed by atoms with Crippen LogP contribution < -0.4 is 4.74 Å². The second kappa shape index (κ2) is 6.14. The first-order valence-corrected chi connectivity index (χ1v) is 6.18. The molecule has 0 amide bonds. The molecule has 2 aromatic carbocycles. The van der Waals surface area contributed by atoms with Crippen LogP contribution in [-0.2, 0) is 13.0 Å². The number of carbonyl (C=O) groups excluding carboxylic acids is 1. The van der Waals surface area contributed by atoms with Gasteiger partial charge in [-0.05, 0) is 35.7 Å². The van der Waals surface area contributed by atoms with Crippen LogP contribution in [0.5, 0.6) is 5.75 Å². The average Bonchev–Trinajstić information content (AvgIpc) is 2.46. The lowest BCUT2D eigenvalue weighted by molar-refractivity contribution is 0.112. The molecule has 0 aliphatic rings. The number of hydrogen-bond donors (Lipinski definition) is 0. The molecule has 0 saturated carbocycles. The lowest BCUT2D eigenvalue weighted by Crippen LogP contribution is -1.98. The van der Waals surface area contributed by atoms with E-state index in [0.29, 0.717) is 18.5 Å². The largest absolute Gasteiger partial charge is 0.486 e. The fourth-order valence-electron chi connectivity index (χ4n) is 1.74. The highest BCUT2D eigenvalue weighted by Gasteiger charge is 2.04. The van der Waals surface area contributed by atoms with E-state index in [0.717, 1.165) is 12.0 Å². The Morgan fingerprint density at radius 3 is 2.37 bits per heavy atom. The van der Waals surface area contributed by atoms with E-state index >= 15 is 0 Å². The van der Waals surface area contributed by atoms with Crippen LogP contribution in [0.1, 0.15) is 28.4 Å². The molecule has 0 fully saturated rings. The van der Waals surface area contributed by atoms with Crippen molar-refractivity contribution in [2.45, 2.75) is 20.0 Å². The molecule has 98 valence electrons. The van der Waals surface area contributed by atoms with Crippen LogP contribution in [0.15, 0.2) is 42.5 Å². The quantitative estimate of drug-likeness (QED) is 0.763. The van der Waals surface area contributed by atoms with Gasteiger partial charge in [-0.25, -0.2) is 4.39 Å². The molecule has 0 bridgehead atoms. The molecule has 0 N–H and O–H groups in total. The highest BCUT2D eigenvalue weighted by atomic mass is 19.1. The van der Waals surface area contributed by atoms with Crippen molar-refractivity contribution in [1.29, 1.82) is 0 Å². The number of halogens is 1. The zero-order valence-electron chi connectivity index (χ0n) is 10.7. The van der Waals surface area contributed by atoms with E-state index in [2.05, 4.69) is 6.92 Å². The number of benzene rings is 2. The summed E-state index contributed by atoms with van der Waals surface area (Å²) in [6.07, 6.45) is 1.60. The molecule has 2 nitrogen and oxygen atoms in total. The van der Waals surface area contributed by atoms with Gasteiger partial charge in [-0.2, -0.15) is 0 Å². The van der Waals surface area contributed by atoms with Gasteiger partial charge in [0.2, 0.25) is 0 Å². The van der Waals surface area contributed by atoms with Crippen molar-refractivity contribution < 1.29 is 13.9 Å². The topological polar surface area (TPSA) is 26.3 Å². The summed E-state index contributed by atoms with van der Waals surface area (Å²) in [6.45, 7) is 2.40. The van der Waals surface area contributed by atoms with Gasteiger partial charge in [0, 0.05) is 5.56 Å². The van der Waals surface area contributed by atoms with Crippen LogP contribution in [0.2, 0.25) is 0 Å². The molecule has 0 aliphatic carbocycles. The third-order valence-electron chi connectivity index (χ3n) is 2.92. The Hall–Kier alpha value is -2.16. The van der Waals surface area contributed by atoms with Gasteiger partial charge in [-0.1, -0.05) is 31.2 Å². The van der Waals surface area contributed by atoms with Gasteiger partial charge >= 0.3 is 0 Å². The molecule has 0 aromatic heterocycles. The maximum atomic E-state index is 13.6. The molecule has 0 heterocycles. The van der Waals surface area contributed by atoms with Crippen LogP contribution in [-0.4, -0.2) is 6.29 Å². The molecule has 2 rings (SSSR count). The van der Waals surface area contributed by atoms with E-state index in [-0.39, 0.29) is 5.75 Å². The van der Waals surface area contributed by atoms with Gasteiger partial charge in [0.15, 0.2) is 11.6 Å². The van der Waals surface area contributed by atoms with Gasteiger partial charge < -0.3 is 4.74 Å². The number of ether oxygens (including phenoxy) is 1. The molecule has 2 aromatic rings. The molecule has 19 heavy (non-hydrogen) atoms. The minimum Gasteiger partial charge on any atom is -0.486 e. The Balaban J connectivity index is 2.03. The van der Waals surface area contributed by atoms with Crippen molar-refractivity contribution in [3.05, 3.63) is 65.0 Å². The molecule has 0 radical (unpaired) electrons. The molecule has 0 unspecified atom stereocenters. The fraction of sp³-hybridized carbons (Fsp3) is 0.188. The summed E-state index contributed by atoms with van der Waals surface area (Å²) >= 11 is 0. The molecule has 3 heteroatoms. The van der Waals surface area contributed by atoms with Crippen molar-refractivity contribution in [2.75, 3.05) is 0 Å². The molecular weight excluding hydrogens is 243 g/mol. The smallest absolute Gasteiger partial charge is 0.165 e. The van der Waals surface area contributed by atoms with E-state index in [4.69, 9.17) is 4.74 Å². The van der Waals surface area contributed by atoms with E-state index in [1.807, 2.05) is 24.3 Å². The maximum Gasteiger partial charge on any atom is 0.165 e. The highest BCUT2D eigenvalue weighted by Crippen LogP contribution is 2.19. The Morgan fingerprint density at radius 2 is 1.79 bits per heavy atom. The summed E-state index contributed by atoms with van der Waals surface area (Å²) < 4.78 is 19.0. The predicted molar refractivity (Wildman–Crippen MR) is 71.9 cm³/mol. The average molecular weight is 258 g/mol. The monoisotopic (exact) mass is 258 g/mol. The van der Waals surface area contributed by atoms with E-state index in [9.17, 15) is 9.18 Å². The Bertz CT molecular complexity index is 561. The SMILES string of the molecule is CCc1ccc(COc2ccc(C=O)cc2F)cc1. The predicted octanol–water partition coefficient (Wildman–Crippen LogP) is 3.78. The zero-order chi connectivity index (χ0) is 13.7. The first-order valence-electron chi connectivity index (χ1n) is 6.18. The second-order valence-electron chi connectivity index (χ2n) is 4.27. The lowest BCUT2D eigenvalue weighted by atomic mass is 10.1. The third kappa shape index (κ3) is 3.41. The number of aldehydes is 1. The van der Waals surface area contributed by atoms with E-state index in [1.54, 1.807) is 0 Å². The Morgan fingerprint density at radius 1 is 1.11 bits per heavy atom. The van der Waals surface area contributed by atoms with Gasteiger partial charge in [-0.3, -0.25) is 4.79 Å². The van der Waals surface area contributed by atoms with Crippen LogP contribution in [0.4, 0.5) is 4.39 Å². The van der Waals surface area contributed by atoms with Crippen molar-refractivity contribution in [3.8, 4) is 5.75 Å². The Kier molecular flexibility index (Phi) is 4.29. The van der Waals surface area contributed by atoms with Gasteiger partial charge in [0.25, 0.3) is 0 Å². The van der Waals surface area contributed by atoms with Gasteiger partial charge in [-0.15, -0.1) is 0 Å². The first kappa shape index (κ1) is 13.3. The minimum atomic E-state index is -0.519. The van der Waals surface area contributed by atoms with Crippen LogP contribution in [0.3, 0.4) is 0 Å².